The zero-order valence-corrected chi connectivity index (χ0v) is 14.7. The van der Waals surface area contributed by atoms with Gasteiger partial charge in [-0.2, -0.15) is 0 Å². The molecule has 0 fully saturated rings. The highest BCUT2D eigenvalue weighted by Crippen LogP contribution is 2.39. The van der Waals surface area contributed by atoms with Crippen molar-refractivity contribution in [2.75, 3.05) is 20.7 Å². The van der Waals surface area contributed by atoms with E-state index in [1.165, 1.54) is 24.3 Å². The van der Waals surface area contributed by atoms with Crippen molar-refractivity contribution >= 4 is 34.1 Å². The minimum atomic E-state index is -0.671. The van der Waals surface area contributed by atoms with Gasteiger partial charge in [-0.3, -0.25) is 10.1 Å². The number of aliphatic imine (C=N–C) groups is 1. The Hall–Kier alpha value is -2.81. The van der Waals surface area contributed by atoms with Gasteiger partial charge in [0.25, 0.3) is 5.69 Å². The highest BCUT2D eigenvalue weighted by Gasteiger charge is 2.33. The van der Waals surface area contributed by atoms with Crippen molar-refractivity contribution < 1.29 is 19.6 Å². The molecule has 2 rings (SSSR count). The number of benzene rings is 1. The fourth-order valence-electron chi connectivity index (χ4n) is 1.98. The summed E-state index contributed by atoms with van der Waals surface area (Å²) in [6.07, 6.45) is 1.66. The van der Waals surface area contributed by atoms with Crippen LogP contribution in [0.5, 0.6) is 0 Å². The molecular formula is C16H17N3O5S. The number of rotatable bonds is 5. The summed E-state index contributed by atoms with van der Waals surface area (Å²) in [5.74, 6) is -0.867. The second-order valence-corrected chi connectivity index (χ2v) is 6.22. The number of aliphatic hydroxyl groups is 1. The average molecular weight is 363 g/mol. The number of thioether (sulfide) groups is 1. The zero-order chi connectivity index (χ0) is 18.6. The fourth-order valence-corrected chi connectivity index (χ4v) is 3.09. The molecular weight excluding hydrogens is 346 g/mol. The quantitative estimate of drug-likeness (QED) is 0.486. The summed E-state index contributed by atoms with van der Waals surface area (Å²) >= 11 is 1.13. The molecule has 0 saturated heterocycles. The predicted molar refractivity (Wildman–Crippen MR) is 95.8 cm³/mol. The molecule has 0 aliphatic carbocycles. The van der Waals surface area contributed by atoms with E-state index >= 15 is 0 Å². The van der Waals surface area contributed by atoms with E-state index in [0.717, 1.165) is 11.8 Å². The molecule has 8 nitrogen and oxygen atoms in total. The van der Waals surface area contributed by atoms with E-state index in [-0.39, 0.29) is 28.7 Å². The van der Waals surface area contributed by atoms with Crippen LogP contribution in [-0.4, -0.2) is 46.6 Å². The van der Waals surface area contributed by atoms with Gasteiger partial charge >= 0.3 is 5.97 Å². The Morgan fingerprint density at radius 2 is 2.04 bits per heavy atom. The normalized spacial score (nSPS) is 17.2. The lowest BCUT2D eigenvalue weighted by Gasteiger charge is -2.06. The smallest absolute Gasteiger partial charge is 0.344 e. The van der Waals surface area contributed by atoms with Crippen molar-refractivity contribution in [1.82, 2.24) is 4.90 Å². The molecule has 0 bridgehead atoms. The molecule has 0 atom stereocenters. The first kappa shape index (κ1) is 18.5. The third-order valence-corrected chi connectivity index (χ3v) is 4.04. The van der Waals surface area contributed by atoms with Crippen LogP contribution < -0.4 is 0 Å². The van der Waals surface area contributed by atoms with E-state index in [9.17, 15) is 20.0 Å². The van der Waals surface area contributed by atoms with E-state index in [1.807, 2.05) is 0 Å². The maximum Gasteiger partial charge on any atom is 0.344 e. The third kappa shape index (κ3) is 4.38. The zero-order valence-electron chi connectivity index (χ0n) is 13.9. The van der Waals surface area contributed by atoms with Gasteiger partial charge in [0.2, 0.25) is 0 Å². The summed E-state index contributed by atoms with van der Waals surface area (Å²) < 4.78 is 4.99. The van der Waals surface area contributed by atoms with Crippen molar-refractivity contribution in [3.05, 3.63) is 56.8 Å². The molecule has 132 valence electrons. The lowest BCUT2D eigenvalue weighted by atomic mass is 10.2. The molecule has 1 aromatic rings. The predicted octanol–water partition coefficient (Wildman–Crippen LogP) is 3.15. The van der Waals surface area contributed by atoms with Gasteiger partial charge in [-0.15, -0.1) is 0 Å². The molecule has 0 spiro atoms. The molecule has 25 heavy (non-hydrogen) atoms. The first-order valence-corrected chi connectivity index (χ1v) is 8.15. The molecule has 0 radical (unpaired) electrons. The fraction of sp³-hybridized carbons (Fsp3) is 0.250. The van der Waals surface area contributed by atoms with Crippen molar-refractivity contribution in [1.29, 1.82) is 0 Å². The molecule has 1 heterocycles. The number of nitro benzene ring substituents is 1. The van der Waals surface area contributed by atoms with Crippen LogP contribution in [0.3, 0.4) is 0 Å². The highest BCUT2D eigenvalue weighted by atomic mass is 32.2. The number of non-ortho nitro benzene ring substituents is 1. The summed E-state index contributed by atoms with van der Waals surface area (Å²) in [6, 6.07) is 5.59. The summed E-state index contributed by atoms with van der Waals surface area (Å²) in [5.41, 5.74) is 0.354. The lowest BCUT2D eigenvalue weighted by molar-refractivity contribution is -0.384. The van der Waals surface area contributed by atoms with Crippen LogP contribution >= 0.6 is 11.8 Å². The van der Waals surface area contributed by atoms with Crippen molar-refractivity contribution in [2.24, 2.45) is 4.99 Å². The number of carbonyl (C=O) groups is 1. The third-order valence-electron chi connectivity index (χ3n) is 3.04. The van der Waals surface area contributed by atoms with Crippen molar-refractivity contribution in [3.63, 3.8) is 0 Å². The van der Waals surface area contributed by atoms with Gasteiger partial charge in [-0.25, -0.2) is 9.79 Å². The SMILES string of the molecule is CCOC(=O)C1=C(O)C(=CN(C)C)SC1=Nc1ccc([N+](=O)[O-])cc1. The van der Waals surface area contributed by atoms with Gasteiger partial charge in [0.05, 0.1) is 22.1 Å². The molecule has 1 aromatic carbocycles. The van der Waals surface area contributed by atoms with Crippen LogP contribution in [0.25, 0.3) is 0 Å². The Balaban J connectivity index is 2.43. The summed E-state index contributed by atoms with van der Waals surface area (Å²) in [7, 11) is 3.58. The Bertz CT molecular complexity index is 781. The molecule has 1 aliphatic rings. The molecule has 1 N–H and O–H groups in total. The van der Waals surface area contributed by atoms with E-state index in [1.54, 1.807) is 32.1 Å². The maximum absolute atomic E-state index is 12.2. The largest absolute Gasteiger partial charge is 0.506 e. The minimum absolute atomic E-state index is 0.0155. The maximum atomic E-state index is 12.2. The van der Waals surface area contributed by atoms with Crippen LogP contribution in [0.2, 0.25) is 0 Å². The monoisotopic (exact) mass is 363 g/mol. The summed E-state index contributed by atoms with van der Waals surface area (Å²) in [6.45, 7) is 1.83. The number of nitrogens with zero attached hydrogens (tertiary/aromatic N) is 3. The van der Waals surface area contributed by atoms with Crippen LogP contribution in [0.4, 0.5) is 11.4 Å². The Kier molecular flexibility index (Phi) is 5.81. The van der Waals surface area contributed by atoms with Crippen LogP contribution in [0, 0.1) is 10.1 Å². The van der Waals surface area contributed by atoms with E-state index in [4.69, 9.17) is 4.74 Å². The number of hydrogen-bond acceptors (Lipinski definition) is 8. The molecule has 9 heteroatoms. The minimum Gasteiger partial charge on any atom is -0.506 e. The van der Waals surface area contributed by atoms with E-state index < -0.39 is 10.9 Å². The lowest BCUT2D eigenvalue weighted by Crippen LogP contribution is -2.12. The molecule has 1 aliphatic heterocycles. The second kappa shape index (κ2) is 7.84. The summed E-state index contributed by atoms with van der Waals surface area (Å²) in [5, 5.41) is 21.3. The van der Waals surface area contributed by atoms with Gasteiger partial charge in [0.1, 0.15) is 16.4 Å². The average Bonchev–Trinajstić information content (AvgIpc) is 2.83. The van der Waals surface area contributed by atoms with Gasteiger partial charge in [-0.05, 0) is 19.1 Å². The van der Waals surface area contributed by atoms with Crippen LogP contribution in [0.15, 0.2) is 51.7 Å². The standard InChI is InChI=1S/C16H17N3O5S/c1-4-24-16(21)13-14(20)12(9-18(2)3)25-15(13)17-10-5-7-11(8-6-10)19(22)23/h5-9,20H,4H2,1-3H3. The first-order chi connectivity index (χ1) is 11.8. The van der Waals surface area contributed by atoms with E-state index in [2.05, 4.69) is 4.99 Å². The van der Waals surface area contributed by atoms with E-state index in [0.29, 0.717) is 10.6 Å². The number of carbonyl (C=O) groups excluding carboxylic acids is 1. The molecule has 0 unspecified atom stereocenters. The second-order valence-electron chi connectivity index (χ2n) is 5.19. The Morgan fingerprint density at radius 3 is 2.56 bits per heavy atom. The van der Waals surface area contributed by atoms with Gasteiger partial charge < -0.3 is 14.7 Å². The number of ether oxygens (including phenoxy) is 1. The topological polar surface area (TPSA) is 105 Å². The van der Waals surface area contributed by atoms with Crippen molar-refractivity contribution in [2.45, 2.75) is 6.92 Å². The van der Waals surface area contributed by atoms with Crippen LogP contribution in [0.1, 0.15) is 6.92 Å². The molecule has 0 amide bonds. The van der Waals surface area contributed by atoms with Crippen LogP contribution in [-0.2, 0) is 9.53 Å². The Morgan fingerprint density at radius 1 is 1.40 bits per heavy atom. The van der Waals surface area contributed by atoms with Gasteiger partial charge in [0, 0.05) is 32.4 Å². The number of aliphatic hydroxyl groups excluding tert-OH is 1. The van der Waals surface area contributed by atoms with Gasteiger partial charge in [0.15, 0.2) is 0 Å². The first-order valence-electron chi connectivity index (χ1n) is 7.33. The van der Waals surface area contributed by atoms with Gasteiger partial charge in [-0.1, -0.05) is 11.8 Å². The number of esters is 1. The Labute approximate surface area is 148 Å². The number of hydrogen-bond donors (Lipinski definition) is 1. The molecule has 0 aromatic heterocycles. The summed E-state index contributed by atoms with van der Waals surface area (Å²) in [4.78, 5) is 28.9. The van der Waals surface area contributed by atoms with Crippen molar-refractivity contribution in [3.8, 4) is 0 Å². The highest BCUT2D eigenvalue weighted by molar-refractivity contribution is 8.18. The number of nitro groups is 1. The molecule has 0 saturated carbocycles.